The maximum atomic E-state index is 12.1. The third-order valence-corrected chi connectivity index (χ3v) is 3.96. The van der Waals surface area contributed by atoms with Crippen LogP contribution in [-0.4, -0.2) is 41.4 Å². The standard InChI is InChI=1S/C16H18N4O3/c1-19-10-8-16(12-17,9-11-19)18-15(21)7-6-13-4-2-3-5-14(13)20(22)23/h2-7H,8-11H2,1H3,(H,18,21). The summed E-state index contributed by atoms with van der Waals surface area (Å²) in [5, 5.41) is 23.1. The van der Waals surface area contributed by atoms with Crippen molar-refractivity contribution in [2.45, 2.75) is 18.4 Å². The Morgan fingerprint density at radius 3 is 2.70 bits per heavy atom. The van der Waals surface area contributed by atoms with Gasteiger partial charge in [0.25, 0.3) is 5.69 Å². The Labute approximate surface area is 134 Å². The molecule has 1 aliphatic heterocycles. The monoisotopic (exact) mass is 314 g/mol. The number of piperidine rings is 1. The van der Waals surface area contributed by atoms with Gasteiger partial charge >= 0.3 is 0 Å². The molecule has 0 aromatic heterocycles. The SMILES string of the molecule is CN1CCC(C#N)(NC(=O)C=Cc2ccccc2[N+](=O)[O-])CC1. The molecular weight excluding hydrogens is 296 g/mol. The van der Waals surface area contributed by atoms with Crippen molar-refractivity contribution in [2.24, 2.45) is 0 Å². The van der Waals surface area contributed by atoms with Crippen molar-refractivity contribution in [3.8, 4) is 6.07 Å². The summed E-state index contributed by atoms with van der Waals surface area (Å²) in [7, 11) is 1.97. The highest BCUT2D eigenvalue weighted by molar-refractivity contribution is 5.93. The fourth-order valence-corrected chi connectivity index (χ4v) is 2.50. The number of nitrogens with one attached hydrogen (secondary N) is 1. The number of para-hydroxylation sites is 1. The maximum absolute atomic E-state index is 12.1. The number of rotatable bonds is 4. The van der Waals surface area contributed by atoms with E-state index in [0.717, 1.165) is 13.1 Å². The first-order valence-electron chi connectivity index (χ1n) is 7.29. The number of likely N-dealkylation sites (tertiary alicyclic amines) is 1. The molecule has 2 rings (SSSR count). The highest BCUT2D eigenvalue weighted by Gasteiger charge is 2.34. The lowest BCUT2D eigenvalue weighted by Gasteiger charge is -2.35. The fraction of sp³-hybridized carbons (Fsp3) is 0.375. The normalized spacial score (nSPS) is 17.6. The summed E-state index contributed by atoms with van der Waals surface area (Å²) in [5.74, 6) is -0.422. The number of nitriles is 1. The third-order valence-electron chi connectivity index (χ3n) is 3.96. The molecule has 7 heteroatoms. The smallest absolute Gasteiger partial charge is 0.276 e. The zero-order chi connectivity index (χ0) is 16.9. The Kier molecular flexibility index (Phi) is 5.09. The van der Waals surface area contributed by atoms with Gasteiger partial charge < -0.3 is 10.2 Å². The zero-order valence-electron chi connectivity index (χ0n) is 12.9. The van der Waals surface area contributed by atoms with Crippen LogP contribution in [0.15, 0.2) is 30.3 Å². The average molecular weight is 314 g/mol. The van der Waals surface area contributed by atoms with Crippen molar-refractivity contribution in [1.82, 2.24) is 10.2 Å². The van der Waals surface area contributed by atoms with Crippen molar-refractivity contribution < 1.29 is 9.72 Å². The first-order valence-corrected chi connectivity index (χ1v) is 7.29. The second-order valence-electron chi connectivity index (χ2n) is 5.64. The van der Waals surface area contributed by atoms with Crippen LogP contribution < -0.4 is 5.32 Å². The van der Waals surface area contributed by atoms with E-state index in [0.29, 0.717) is 18.4 Å². The molecule has 1 fully saturated rings. The highest BCUT2D eigenvalue weighted by atomic mass is 16.6. The van der Waals surface area contributed by atoms with Gasteiger partial charge in [-0.2, -0.15) is 5.26 Å². The summed E-state index contributed by atoms with van der Waals surface area (Å²) in [6.07, 6.45) is 3.75. The van der Waals surface area contributed by atoms with Crippen molar-refractivity contribution in [3.63, 3.8) is 0 Å². The molecule has 0 bridgehead atoms. The van der Waals surface area contributed by atoms with Crippen molar-refractivity contribution in [3.05, 3.63) is 46.0 Å². The van der Waals surface area contributed by atoms with E-state index in [-0.39, 0.29) is 5.69 Å². The average Bonchev–Trinajstić information content (AvgIpc) is 2.55. The molecule has 1 amide bonds. The van der Waals surface area contributed by atoms with Crippen LogP contribution in [0.4, 0.5) is 5.69 Å². The number of nitrogens with zero attached hydrogens (tertiary/aromatic N) is 3. The van der Waals surface area contributed by atoms with Crippen LogP contribution in [0, 0.1) is 21.4 Å². The Morgan fingerprint density at radius 1 is 1.43 bits per heavy atom. The Balaban J connectivity index is 2.08. The lowest BCUT2D eigenvalue weighted by Crippen LogP contribution is -2.53. The summed E-state index contributed by atoms with van der Waals surface area (Å²) in [6.45, 7) is 1.48. The van der Waals surface area contributed by atoms with Gasteiger partial charge in [-0.1, -0.05) is 12.1 Å². The van der Waals surface area contributed by atoms with Crippen LogP contribution in [0.25, 0.3) is 6.08 Å². The van der Waals surface area contributed by atoms with E-state index >= 15 is 0 Å². The van der Waals surface area contributed by atoms with Crippen LogP contribution in [0.2, 0.25) is 0 Å². The summed E-state index contributed by atoms with van der Waals surface area (Å²) in [5.41, 5.74) is -0.579. The molecule has 7 nitrogen and oxygen atoms in total. The molecule has 0 aliphatic carbocycles. The maximum Gasteiger partial charge on any atom is 0.276 e. The molecule has 0 radical (unpaired) electrons. The Hall–Kier alpha value is -2.72. The molecule has 120 valence electrons. The number of nitro groups is 1. The molecule has 1 aliphatic rings. The van der Waals surface area contributed by atoms with Gasteiger partial charge in [0.15, 0.2) is 0 Å². The van der Waals surface area contributed by atoms with Gasteiger partial charge in [0.2, 0.25) is 5.91 Å². The molecule has 1 aromatic carbocycles. The van der Waals surface area contributed by atoms with E-state index < -0.39 is 16.4 Å². The van der Waals surface area contributed by atoms with Crippen molar-refractivity contribution >= 4 is 17.7 Å². The van der Waals surface area contributed by atoms with E-state index in [1.165, 1.54) is 18.2 Å². The van der Waals surface area contributed by atoms with Crippen LogP contribution in [0.3, 0.4) is 0 Å². The fourth-order valence-electron chi connectivity index (χ4n) is 2.50. The van der Waals surface area contributed by atoms with E-state index in [9.17, 15) is 20.2 Å². The zero-order valence-corrected chi connectivity index (χ0v) is 12.9. The third kappa shape index (κ3) is 4.14. The van der Waals surface area contributed by atoms with Crippen molar-refractivity contribution in [2.75, 3.05) is 20.1 Å². The Bertz CT molecular complexity index is 670. The minimum absolute atomic E-state index is 0.0640. The quantitative estimate of drug-likeness (QED) is 0.518. The minimum atomic E-state index is -0.865. The lowest BCUT2D eigenvalue weighted by atomic mass is 9.89. The van der Waals surface area contributed by atoms with Crippen molar-refractivity contribution in [1.29, 1.82) is 5.26 Å². The number of benzene rings is 1. The molecule has 0 spiro atoms. The molecule has 0 unspecified atom stereocenters. The summed E-state index contributed by atoms with van der Waals surface area (Å²) < 4.78 is 0. The van der Waals surface area contributed by atoms with Gasteiger partial charge in [-0.05, 0) is 32.0 Å². The number of amides is 1. The number of carbonyl (C=O) groups excluding carboxylic acids is 1. The summed E-state index contributed by atoms with van der Waals surface area (Å²) >= 11 is 0. The van der Waals surface area contributed by atoms with Crippen LogP contribution in [-0.2, 0) is 4.79 Å². The number of carbonyl (C=O) groups is 1. The summed E-state index contributed by atoms with van der Waals surface area (Å²) in [6, 6.07) is 8.38. The van der Waals surface area contributed by atoms with Gasteiger partial charge in [0, 0.05) is 25.2 Å². The largest absolute Gasteiger partial charge is 0.334 e. The van der Waals surface area contributed by atoms with Crippen LogP contribution >= 0.6 is 0 Å². The molecular formula is C16H18N4O3. The van der Waals surface area contributed by atoms with E-state index in [2.05, 4.69) is 16.3 Å². The van der Waals surface area contributed by atoms with Gasteiger partial charge in [0.1, 0.15) is 5.54 Å². The van der Waals surface area contributed by atoms with Gasteiger partial charge in [-0.15, -0.1) is 0 Å². The molecule has 23 heavy (non-hydrogen) atoms. The van der Waals surface area contributed by atoms with Gasteiger partial charge in [0.05, 0.1) is 16.6 Å². The van der Waals surface area contributed by atoms with Gasteiger partial charge in [-0.3, -0.25) is 14.9 Å². The molecule has 1 N–H and O–H groups in total. The Morgan fingerprint density at radius 2 is 2.09 bits per heavy atom. The summed E-state index contributed by atoms with van der Waals surface area (Å²) in [4.78, 5) is 24.6. The molecule has 1 saturated heterocycles. The number of hydrogen-bond acceptors (Lipinski definition) is 5. The van der Waals surface area contributed by atoms with Crippen LogP contribution in [0.5, 0.6) is 0 Å². The number of hydrogen-bond donors (Lipinski definition) is 1. The lowest BCUT2D eigenvalue weighted by molar-refractivity contribution is -0.385. The number of nitro benzene ring substituents is 1. The van der Waals surface area contributed by atoms with E-state index in [1.807, 2.05) is 7.05 Å². The second-order valence-corrected chi connectivity index (χ2v) is 5.64. The van der Waals surface area contributed by atoms with Gasteiger partial charge in [-0.25, -0.2) is 0 Å². The highest BCUT2D eigenvalue weighted by Crippen LogP contribution is 2.21. The topological polar surface area (TPSA) is 99.3 Å². The minimum Gasteiger partial charge on any atom is -0.334 e. The molecule has 0 atom stereocenters. The predicted octanol–water partition coefficient (Wildman–Crippen LogP) is 1.71. The molecule has 1 heterocycles. The predicted molar refractivity (Wildman–Crippen MR) is 85.3 cm³/mol. The first-order chi connectivity index (χ1) is 11.0. The first kappa shape index (κ1) is 16.6. The molecule has 1 aromatic rings. The van der Waals surface area contributed by atoms with Crippen LogP contribution in [0.1, 0.15) is 18.4 Å². The molecule has 0 saturated carbocycles. The van der Waals surface area contributed by atoms with E-state index in [1.54, 1.807) is 18.2 Å². The van der Waals surface area contributed by atoms with E-state index in [4.69, 9.17) is 0 Å². The second kappa shape index (κ2) is 7.03.